The van der Waals surface area contributed by atoms with Gasteiger partial charge in [-0.25, -0.2) is 4.79 Å². The number of nitrogens with zero attached hydrogens (tertiary/aromatic N) is 3. The van der Waals surface area contributed by atoms with Gasteiger partial charge in [0.25, 0.3) is 5.89 Å². The van der Waals surface area contributed by atoms with Crippen LogP contribution >= 0.6 is 0 Å². The van der Waals surface area contributed by atoms with Crippen LogP contribution in [-0.4, -0.2) is 23.3 Å². The Kier molecular flexibility index (Phi) is 4.60. The highest BCUT2D eigenvalue weighted by molar-refractivity contribution is 5.85. The fourth-order valence-electron chi connectivity index (χ4n) is 2.11. The summed E-state index contributed by atoms with van der Waals surface area (Å²) < 4.78 is 16.3. The van der Waals surface area contributed by atoms with Crippen LogP contribution in [0.1, 0.15) is 29.4 Å². The van der Waals surface area contributed by atoms with Gasteiger partial charge in [0.2, 0.25) is 5.89 Å². The minimum absolute atomic E-state index is 0.121. The Morgan fingerprint density at radius 1 is 1.20 bits per heavy atom. The van der Waals surface area contributed by atoms with Gasteiger partial charge >= 0.3 is 11.7 Å². The molecule has 0 radical (unpaired) electrons. The summed E-state index contributed by atoms with van der Waals surface area (Å²) in [6, 6.07) is 11.6. The van der Waals surface area contributed by atoms with Gasteiger partial charge in [0.05, 0.1) is 7.11 Å². The third kappa shape index (κ3) is 3.57. The van der Waals surface area contributed by atoms with E-state index in [2.05, 4.69) is 10.2 Å². The fraction of sp³-hybridized carbons (Fsp3) is 0.176. The van der Waals surface area contributed by atoms with E-state index in [4.69, 9.17) is 13.9 Å². The van der Waals surface area contributed by atoms with Crippen LogP contribution in [0.3, 0.4) is 0 Å². The number of ether oxygens (including phenoxy) is 2. The Balaban J connectivity index is 1.73. The maximum Gasteiger partial charge on any atom is 0.405 e. The van der Waals surface area contributed by atoms with Crippen molar-refractivity contribution in [3.63, 3.8) is 0 Å². The van der Waals surface area contributed by atoms with E-state index >= 15 is 0 Å². The number of hydrogen-bond donors (Lipinski definition) is 0. The van der Waals surface area contributed by atoms with E-state index in [1.165, 1.54) is 18.3 Å². The van der Waals surface area contributed by atoms with Crippen molar-refractivity contribution in [1.82, 2.24) is 10.2 Å². The predicted octanol–water partition coefficient (Wildman–Crippen LogP) is 2.30. The molecule has 2 heterocycles. The Labute approximate surface area is 143 Å². The van der Waals surface area contributed by atoms with E-state index < -0.39 is 12.1 Å². The first-order valence-corrected chi connectivity index (χ1v) is 7.45. The molecule has 3 aromatic rings. The number of methoxy groups -OCH3 is 1. The van der Waals surface area contributed by atoms with E-state index in [1.807, 2.05) is 0 Å². The minimum Gasteiger partial charge on any atom is -0.618 e. The van der Waals surface area contributed by atoms with Crippen LogP contribution in [0.2, 0.25) is 0 Å². The lowest BCUT2D eigenvalue weighted by Crippen LogP contribution is -2.34. The minimum atomic E-state index is -0.799. The number of rotatable bonds is 5. The van der Waals surface area contributed by atoms with E-state index in [9.17, 15) is 10.0 Å². The molecule has 8 heteroatoms. The third-order valence-electron chi connectivity index (χ3n) is 3.44. The van der Waals surface area contributed by atoms with E-state index in [-0.39, 0.29) is 11.6 Å². The van der Waals surface area contributed by atoms with Gasteiger partial charge < -0.3 is 19.1 Å². The summed E-state index contributed by atoms with van der Waals surface area (Å²) in [6.07, 6.45) is 0.419. The molecule has 0 saturated heterocycles. The van der Waals surface area contributed by atoms with Crippen molar-refractivity contribution in [2.24, 2.45) is 0 Å². The fourth-order valence-corrected chi connectivity index (χ4v) is 2.11. The van der Waals surface area contributed by atoms with Crippen molar-refractivity contribution in [2.75, 3.05) is 7.11 Å². The summed E-state index contributed by atoms with van der Waals surface area (Å²) in [6.45, 7) is 1.58. The van der Waals surface area contributed by atoms with Crippen molar-refractivity contribution in [1.29, 1.82) is 0 Å². The quantitative estimate of drug-likeness (QED) is 0.398. The number of pyridine rings is 1. The van der Waals surface area contributed by atoms with E-state index in [1.54, 1.807) is 44.4 Å². The lowest BCUT2D eigenvalue weighted by Gasteiger charge is -2.08. The molecule has 8 nitrogen and oxygen atoms in total. The highest BCUT2D eigenvalue weighted by Gasteiger charge is 2.24. The van der Waals surface area contributed by atoms with Gasteiger partial charge in [-0.15, -0.1) is 10.2 Å². The van der Waals surface area contributed by atoms with Crippen LogP contribution < -0.4 is 9.47 Å². The summed E-state index contributed by atoms with van der Waals surface area (Å²) in [5, 5.41) is 19.4. The van der Waals surface area contributed by atoms with Crippen LogP contribution in [0.4, 0.5) is 0 Å². The Hall–Kier alpha value is -3.42. The molecule has 0 amide bonds. The Bertz CT molecular complexity index is 876. The molecule has 0 aliphatic rings. The topological polar surface area (TPSA) is 101 Å². The smallest absolute Gasteiger partial charge is 0.405 e. The molecule has 0 saturated carbocycles. The van der Waals surface area contributed by atoms with Crippen LogP contribution in [0.25, 0.3) is 11.5 Å². The van der Waals surface area contributed by atoms with Gasteiger partial charge in [-0.1, -0.05) is 0 Å². The van der Waals surface area contributed by atoms with E-state index in [0.29, 0.717) is 21.9 Å². The molecule has 0 bridgehead atoms. The summed E-state index contributed by atoms with van der Waals surface area (Å²) in [4.78, 5) is 12.0. The van der Waals surface area contributed by atoms with Gasteiger partial charge in [0.1, 0.15) is 5.75 Å². The molecular formula is C17H15N3O5. The summed E-state index contributed by atoms with van der Waals surface area (Å²) in [7, 11) is 1.58. The number of benzene rings is 1. The number of carbonyl (C=O) groups excluding carboxylic acids is 1. The zero-order valence-electron chi connectivity index (χ0n) is 13.6. The first-order valence-electron chi connectivity index (χ1n) is 7.45. The molecule has 2 aromatic heterocycles. The van der Waals surface area contributed by atoms with Crippen LogP contribution in [0.15, 0.2) is 53.1 Å². The first-order chi connectivity index (χ1) is 12.1. The van der Waals surface area contributed by atoms with Crippen molar-refractivity contribution in [3.8, 4) is 17.2 Å². The summed E-state index contributed by atoms with van der Waals surface area (Å²) in [5.41, 5.74) is 0.586. The second-order valence-electron chi connectivity index (χ2n) is 5.13. The maximum atomic E-state index is 12.0. The molecule has 0 aliphatic carbocycles. The molecule has 0 aliphatic heterocycles. The monoisotopic (exact) mass is 341 g/mol. The lowest BCUT2D eigenvalue weighted by molar-refractivity contribution is -0.608. The first kappa shape index (κ1) is 16.4. The largest absolute Gasteiger partial charge is 0.618 e. The molecule has 0 fully saturated rings. The highest BCUT2D eigenvalue weighted by atomic mass is 16.6. The Morgan fingerprint density at radius 2 is 1.96 bits per heavy atom. The zero-order valence-corrected chi connectivity index (χ0v) is 13.6. The van der Waals surface area contributed by atoms with Gasteiger partial charge in [-0.3, -0.25) is 0 Å². The van der Waals surface area contributed by atoms with Crippen LogP contribution in [0, 0.1) is 5.21 Å². The average Bonchev–Trinajstić information content (AvgIpc) is 3.12. The van der Waals surface area contributed by atoms with Crippen molar-refractivity contribution in [2.45, 2.75) is 13.0 Å². The molecule has 1 aromatic carbocycles. The van der Waals surface area contributed by atoms with Crippen LogP contribution in [0.5, 0.6) is 5.75 Å². The molecule has 0 unspecified atom stereocenters. The van der Waals surface area contributed by atoms with Crippen LogP contribution in [-0.2, 0) is 4.74 Å². The number of esters is 1. The predicted molar refractivity (Wildman–Crippen MR) is 85.5 cm³/mol. The summed E-state index contributed by atoms with van der Waals surface area (Å²) in [5.74, 6) is 0.360. The highest BCUT2D eigenvalue weighted by Crippen LogP contribution is 2.24. The van der Waals surface area contributed by atoms with Gasteiger partial charge in [0, 0.05) is 17.7 Å². The number of hydrogen-bond acceptors (Lipinski definition) is 7. The second-order valence-corrected chi connectivity index (χ2v) is 5.13. The second kappa shape index (κ2) is 7.00. The SMILES string of the molecule is COc1ccc(-c2nnc([C@H](C)OC(=O)c3cccc[n+]3[O-])o2)cc1. The molecule has 0 spiro atoms. The Morgan fingerprint density at radius 3 is 2.64 bits per heavy atom. The molecule has 1 atom stereocenters. The maximum absolute atomic E-state index is 12.0. The lowest BCUT2D eigenvalue weighted by atomic mass is 10.2. The average molecular weight is 341 g/mol. The van der Waals surface area contributed by atoms with Gasteiger partial charge in [-0.2, -0.15) is 4.73 Å². The van der Waals surface area contributed by atoms with Crippen molar-refractivity contribution < 1.29 is 23.4 Å². The standard InChI is InChI=1S/C17H15N3O5/c1-11(24-17(21)14-5-3-4-10-20(14)22)15-18-19-16(25-15)12-6-8-13(23-2)9-7-12/h3-11H,1-2H3/t11-/m0/s1. The molecule has 0 N–H and O–H groups in total. The zero-order chi connectivity index (χ0) is 17.8. The van der Waals surface area contributed by atoms with Gasteiger partial charge in [-0.05, 0) is 37.3 Å². The number of carbonyl (C=O) groups is 1. The van der Waals surface area contributed by atoms with Gasteiger partial charge in [0.15, 0.2) is 12.3 Å². The molecule has 128 valence electrons. The normalized spacial score (nSPS) is 11.8. The van der Waals surface area contributed by atoms with Crippen molar-refractivity contribution in [3.05, 3.63) is 65.5 Å². The summed E-state index contributed by atoms with van der Waals surface area (Å²) >= 11 is 0. The number of aromatic nitrogens is 3. The third-order valence-corrected chi connectivity index (χ3v) is 3.44. The molecule has 25 heavy (non-hydrogen) atoms. The van der Waals surface area contributed by atoms with E-state index in [0.717, 1.165) is 0 Å². The molecular weight excluding hydrogens is 326 g/mol. The molecule has 3 rings (SSSR count). The van der Waals surface area contributed by atoms with Crippen molar-refractivity contribution >= 4 is 5.97 Å².